The van der Waals surface area contributed by atoms with E-state index in [2.05, 4.69) is 13.8 Å². The third-order valence-corrected chi connectivity index (χ3v) is 3.60. The number of amides is 1. The molecule has 0 aromatic heterocycles. The Morgan fingerprint density at radius 1 is 1.50 bits per heavy atom. The van der Waals surface area contributed by atoms with Crippen LogP contribution in [0.4, 0.5) is 4.39 Å². The summed E-state index contributed by atoms with van der Waals surface area (Å²) in [7, 11) is 0. The zero-order valence-corrected chi connectivity index (χ0v) is 9.99. The highest BCUT2D eigenvalue weighted by Crippen LogP contribution is 2.30. The lowest BCUT2D eigenvalue weighted by Gasteiger charge is -2.40. The van der Waals surface area contributed by atoms with Crippen LogP contribution in [-0.4, -0.2) is 43.3 Å². The van der Waals surface area contributed by atoms with Crippen molar-refractivity contribution in [1.29, 1.82) is 0 Å². The van der Waals surface area contributed by atoms with Crippen LogP contribution in [0.5, 0.6) is 0 Å². The Hall–Kier alpha value is -0.640. The van der Waals surface area contributed by atoms with Crippen LogP contribution in [0.2, 0.25) is 0 Å². The second-order valence-electron chi connectivity index (χ2n) is 5.24. The van der Waals surface area contributed by atoms with Crippen LogP contribution in [-0.2, 0) is 9.53 Å². The quantitative estimate of drug-likeness (QED) is 0.733. The number of hydrogen-bond acceptors (Lipinski definition) is 2. The molecule has 0 radical (unpaired) electrons. The second-order valence-corrected chi connectivity index (χ2v) is 5.24. The zero-order valence-electron chi connectivity index (χ0n) is 9.99. The molecule has 0 aromatic carbocycles. The maximum absolute atomic E-state index is 12.3. The number of alkyl halides is 1. The van der Waals surface area contributed by atoms with Crippen molar-refractivity contribution in [3.8, 4) is 0 Å². The van der Waals surface area contributed by atoms with Gasteiger partial charge in [-0.1, -0.05) is 13.8 Å². The van der Waals surface area contributed by atoms with Crippen molar-refractivity contribution in [1.82, 2.24) is 4.90 Å². The number of halogens is 1. The van der Waals surface area contributed by atoms with Crippen molar-refractivity contribution in [2.24, 2.45) is 17.8 Å². The van der Waals surface area contributed by atoms with E-state index in [9.17, 15) is 9.18 Å². The predicted octanol–water partition coefficient (Wildman–Crippen LogP) is 1.48. The highest BCUT2D eigenvalue weighted by Gasteiger charge is 2.41. The SMILES string of the molecule is CC(C)[C@@H]1OCC[C@@H]1C(=O)N1CC(CF)C1. The fourth-order valence-electron chi connectivity index (χ4n) is 2.61. The van der Waals surface area contributed by atoms with Gasteiger partial charge in [-0.25, -0.2) is 0 Å². The molecule has 0 N–H and O–H groups in total. The van der Waals surface area contributed by atoms with Gasteiger partial charge in [0.25, 0.3) is 0 Å². The number of carbonyl (C=O) groups excluding carboxylic acids is 1. The van der Waals surface area contributed by atoms with Crippen LogP contribution in [0.1, 0.15) is 20.3 Å². The van der Waals surface area contributed by atoms with E-state index in [4.69, 9.17) is 4.74 Å². The summed E-state index contributed by atoms with van der Waals surface area (Å²) >= 11 is 0. The largest absolute Gasteiger partial charge is 0.377 e. The molecule has 2 aliphatic heterocycles. The lowest BCUT2D eigenvalue weighted by Crippen LogP contribution is -2.54. The minimum Gasteiger partial charge on any atom is -0.377 e. The molecule has 16 heavy (non-hydrogen) atoms. The maximum Gasteiger partial charge on any atom is 0.228 e. The number of carbonyl (C=O) groups is 1. The van der Waals surface area contributed by atoms with E-state index in [1.807, 2.05) is 0 Å². The van der Waals surface area contributed by atoms with Crippen LogP contribution >= 0.6 is 0 Å². The van der Waals surface area contributed by atoms with Crippen LogP contribution in [0.15, 0.2) is 0 Å². The van der Waals surface area contributed by atoms with Gasteiger partial charge in [0.2, 0.25) is 5.91 Å². The summed E-state index contributed by atoms with van der Waals surface area (Å²) in [5.41, 5.74) is 0. The van der Waals surface area contributed by atoms with Gasteiger partial charge in [-0.3, -0.25) is 9.18 Å². The molecule has 3 nitrogen and oxygen atoms in total. The average Bonchev–Trinajstić information content (AvgIpc) is 2.63. The van der Waals surface area contributed by atoms with E-state index in [-0.39, 0.29) is 30.5 Å². The molecule has 2 saturated heterocycles. The van der Waals surface area contributed by atoms with Gasteiger partial charge < -0.3 is 9.64 Å². The monoisotopic (exact) mass is 229 g/mol. The molecule has 2 rings (SSSR count). The van der Waals surface area contributed by atoms with Crippen molar-refractivity contribution < 1.29 is 13.9 Å². The van der Waals surface area contributed by atoms with Crippen LogP contribution in [0.3, 0.4) is 0 Å². The van der Waals surface area contributed by atoms with Gasteiger partial charge >= 0.3 is 0 Å². The first-order chi connectivity index (χ1) is 7.63. The van der Waals surface area contributed by atoms with Crippen LogP contribution in [0, 0.1) is 17.8 Å². The number of hydrogen-bond donors (Lipinski definition) is 0. The minimum atomic E-state index is -0.307. The smallest absolute Gasteiger partial charge is 0.228 e. The molecule has 0 saturated carbocycles. The molecular weight excluding hydrogens is 209 g/mol. The van der Waals surface area contributed by atoms with Crippen molar-refractivity contribution in [3.63, 3.8) is 0 Å². The van der Waals surface area contributed by atoms with Crippen molar-refractivity contribution in [2.45, 2.75) is 26.4 Å². The van der Waals surface area contributed by atoms with Gasteiger partial charge in [0.1, 0.15) is 0 Å². The Morgan fingerprint density at radius 2 is 2.19 bits per heavy atom. The minimum absolute atomic E-state index is 0.000520. The summed E-state index contributed by atoms with van der Waals surface area (Å²) in [6.45, 7) is 5.72. The van der Waals surface area contributed by atoms with Crippen molar-refractivity contribution in [3.05, 3.63) is 0 Å². The maximum atomic E-state index is 12.3. The number of likely N-dealkylation sites (tertiary alicyclic amines) is 1. The predicted molar refractivity (Wildman–Crippen MR) is 58.7 cm³/mol. The number of nitrogens with zero attached hydrogens (tertiary/aromatic N) is 1. The molecule has 0 aromatic rings. The standard InChI is InChI=1S/C12H20FNO2/c1-8(2)11-10(3-4-16-11)12(15)14-6-9(5-13)7-14/h8-11H,3-7H2,1-2H3/t10-,11-/m0/s1. The number of rotatable bonds is 3. The molecule has 0 spiro atoms. The van der Waals surface area contributed by atoms with Gasteiger partial charge in [0, 0.05) is 25.6 Å². The van der Waals surface area contributed by atoms with E-state index in [1.165, 1.54) is 0 Å². The van der Waals surface area contributed by atoms with Crippen LogP contribution in [0.25, 0.3) is 0 Å². The third-order valence-electron chi connectivity index (χ3n) is 3.60. The topological polar surface area (TPSA) is 29.5 Å². The molecule has 2 fully saturated rings. The first kappa shape index (κ1) is 11.8. The summed E-state index contributed by atoms with van der Waals surface area (Å²) in [5, 5.41) is 0. The molecule has 0 bridgehead atoms. The molecule has 0 aliphatic carbocycles. The fourth-order valence-corrected chi connectivity index (χ4v) is 2.61. The molecule has 92 valence electrons. The van der Waals surface area contributed by atoms with Gasteiger partial charge in [-0.05, 0) is 12.3 Å². The zero-order chi connectivity index (χ0) is 11.7. The van der Waals surface area contributed by atoms with Gasteiger partial charge in [0.15, 0.2) is 0 Å². The Labute approximate surface area is 95.9 Å². The van der Waals surface area contributed by atoms with Gasteiger partial charge in [-0.2, -0.15) is 0 Å². The first-order valence-corrected chi connectivity index (χ1v) is 6.09. The average molecular weight is 229 g/mol. The highest BCUT2D eigenvalue weighted by molar-refractivity contribution is 5.80. The van der Waals surface area contributed by atoms with E-state index in [0.717, 1.165) is 6.42 Å². The van der Waals surface area contributed by atoms with Gasteiger partial charge in [0.05, 0.1) is 18.7 Å². The normalized spacial score (nSPS) is 30.9. The Morgan fingerprint density at radius 3 is 2.75 bits per heavy atom. The summed E-state index contributed by atoms with van der Waals surface area (Å²) in [6, 6.07) is 0. The number of ether oxygens (including phenoxy) is 1. The molecular formula is C12H20FNO2. The fraction of sp³-hybridized carbons (Fsp3) is 0.917. The van der Waals surface area contributed by atoms with Crippen LogP contribution < -0.4 is 0 Å². The van der Waals surface area contributed by atoms with Crippen molar-refractivity contribution in [2.75, 3.05) is 26.4 Å². The molecule has 1 amide bonds. The summed E-state index contributed by atoms with van der Waals surface area (Å²) in [6.07, 6.45) is 0.871. The van der Waals surface area contributed by atoms with Crippen molar-refractivity contribution >= 4 is 5.91 Å². The van der Waals surface area contributed by atoms with E-state index in [1.54, 1.807) is 4.90 Å². The Kier molecular flexibility index (Phi) is 3.47. The third kappa shape index (κ3) is 2.08. The Balaban J connectivity index is 1.90. The molecule has 2 heterocycles. The molecule has 2 atom stereocenters. The summed E-state index contributed by atoms with van der Waals surface area (Å²) < 4.78 is 17.9. The lowest BCUT2D eigenvalue weighted by molar-refractivity contribution is -0.145. The summed E-state index contributed by atoms with van der Waals surface area (Å²) in [4.78, 5) is 13.9. The summed E-state index contributed by atoms with van der Waals surface area (Å²) in [5.74, 6) is 0.611. The van der Waals surface area contributed by atoms with E-state index < -0.39 is 0 Å². The lowest BCUT2D eigenvalue weighted by atomic mass is 9.89. The van der Waals surface area contributed by atoms with E-state index in [0.29, 0.717) is 25.6 Å². The highest BCUT2D eigenvalue weighted by atomic mass is 19.1. The molecule has 2 aliphatic rings. The van der Waals surface area contributed by atoms with E-state index >= 15 is 0 Å². The Bertz CT molecular complexity index is 264. The second kappa shape index (κ2) is 4.70. The van der Waals surface area contributed by atoms with Gasteiger partial charge in [-0.15, -0.1) is 0 Å². The molecule has 4 heteroatoms. The first-order valence-electron chi connectivity index (χ1n) is 6.09. The molecule has 0 unspecified atom stereocenters.